The Bertz CT molecular complexity index is 4080. The number of carbonyl (C=O) groups is 6. The fourth-order valence-electron chi connectivity index (χ4n) is 8.21. The van der Waals surface area contributed by atoms with Crippen LogP contribution in [0.2, 0.25) is 20.1 Å². The highest BCUT2D eigenvalue weighted by molar-refractivity contribution is 9.11. The summed E-state index contributed by atoms with van der Waals surface area (Å²) in [6.07, 6.45) is -3.19. The minimum atomic E-state index is -4.76. The zero-order valence-corrected chi connectivity index (χ0v) is 64.9. The number of nitrogens with one attached hydrogen (secondary N) is 3. The number of Topliss-reactive ketones (excluding diaryl/α,β-unsaturated/α-hetero) is 1. The zero-order chi connectivity index (χ0) is 75.6. The van der Waals surface area contributed by atoms with E-state index in [4.69, 9.17) is 66.7 Å². The van der Waals surface area contributed by atoms with Gasteiger partial charge in [0, 0.05) is 64.8 Å². The molecule has 31 nitrogen and oxygen atoms in total. The molecular formula is C60H69Br4Cl4F3N20O11. The average Bonchev–Trinajstić information content (AvgIpc) is 1.66. The minimum Gasteiger partial charge on any atom is -0.481 e. The molecule has 6 heterocycles. The number of rotatable bonds is 26. The molecule has 0 aliphatic rings. The first kappa shape index (κ1) is 86.4. The van der Waals surface area contributed by atoms with E-state index in [1.807, 2.05) is 39.8 Å². The molecule has 0 unspecified atom stereocenters. The summed E-state index contributed by atoms with van der Waals surface area (Å²) in [5.74, 6) is 1.22. The molecule has 0 fully saturated rings. The normalized spacial score (nSPS) is 10.6. The Morgan fingerprint density at radius 3 is 1.37 bits per heavy atom. The standard InChI is InChI=1S/C20H17Cl2F3N4O2.C14H14BrCl2N3O.C8H12BrN3O2.2C6H8BrN3O2.C6H10N4O2/c1-2-29-17(10-18(30)26-11-12-7-14(21)9-15(22)8-12)27-19(28-29)13-3-5-16(6-4-13)31-20(23,24)25;1-2-20-13(18-14(15)19-20)8-12(21)4-3-9-5-10(16)7-11(17)6-9;1-3-12-6(10-8(9)11-12)5-7(13)14-4-2;1-2-10-4(3-5(11)12)8-6(7)9-10;2*1-2-12-5(11)3-4-8-6(7)10-9-4/h3-9H,2,10-11H2,1H3,(H,26,30);5-7H,2-4,8H2,1H3;3-5H2,1-2H3;2-3H2,1H3,(H,11,12);2-3H2,1H3,(H,8,9,10);2-3H2,1H3,(H3,7,8,9,10). The summed E-state index contributed by atoms with van der Waals surface area (Å²) in [6, 6.07) is 15.5. The number of alkyl halides is 3. The third kappa shape index (κ3) is 33.0. The fraction of sp³-hybridized carbons (Fsp3) is 0.400. The second kappa shape index (κ2) is 44.5. The largest absolute Gasteiger partial charge is 0.573 e. The molecule has 0 aliphatic carbocycles. The van der Waals surface area contributed by atoms with Crippen LogP contribution in [-0.2, 0) is 121 Å². The van der Waals surface area contributed by atoms with Crippen LogP contribution in [0.5, 0.6) is 5.75 Å². The molecule has 6 aromatic heterocycles. The van der Waals surface area contributed by atoms with E-state index in [2.05, 4.69) is 149 Å². The predicted molar refractivity (Wildman–Crippen MR) is 381 cm³/mol. The van der Waals surface area contributed by atoms with Gasteiger partial charge in [0.05, 0.1) is 32.7 Å². The van der Waals surface area contributed by atoms with Gasteiger partial charge < -0.3 is 35.1 Å². The number of aryl methyl sites for hydroxylation is 5. The molecule has 0 aliphatic heterocycles. The van der Waals surface area contributed by atoms with Crippen LogP contribution in [0, 0.1) is 0 Å². The number of ether oxygens (including phenoxy) is 4. The average molecular weight is 1760 g/mol. The van der Waals surface area contributed by atoms with E-state index in [1.54, 1.807) is 63.8 Å². The Morgan fingerprint density at radius 1 is 0.529 bits per heavy atom. The van der Waals surface area contributed by atoms with Crippen molar-refractivity contribution in [1.82, 2.24) is 94.7 Å². The summed E-state index contributed by atoms with van der Waals surface area (Å²) in [5, 5.41) is 42.2. The first-order valence-corrected chi connectivity index (χ1v) is 35.2. The van der Waals surface area contributed by atoms with Crippen molar-refractivity contribution in [3.8, 4) is 17.1 Å². The van der Waals surface area contributed by atoms with Gasteiger partial charge in [0.25, 0.3) is 0 Å². The minimum absolute atomic E-state index is 0.0234. The third-order valence-corrected chi connectivity index (χ3v) is 14.6. The number of anilines is 1. The number of aliphatic carboxylic acids is 1. The lowest BCUT2D eigenvalue weighted by molar-refractivity contribution is -0.274. The van der Waals surface area contributed by atoms with Gasteiger partial charge in [0.2, 0.25) is 30.8 Å². The monoisotopic (exact) mass is 1760 g/mol. The number of halogens is 11. The van der Waals surface area contributed by atoms with E-state index in [1.165, 1.54) is 24.3 Å². The van der Waals surface area contributed by atoms with E-state index < -0.39 is 12.3 Å². The molecule has 42 heteroatoms. The molecule has 6 N–H and O–H groups in total. The van der Waals surface area contributed by atoms with Gasteiger partial charge in [-0.15, -0.1) is 38.7 Å². The summed E-state index contributed by atoms with van der Waals surface area (Å²) in [5.41, 5.74) is 7.43. The molecule has 0 saturated heterocycles. The molecule has 1 amide bonds. The van der Waals surface area contributed by atoms with Crippen molar-refractivity contribution in [2.75, 3.05) is 25.6 Å². The number of amides is 1. The van der Waals surface area contributed by atoms with Gasteiger partial charge in [-0.2, -0.15) is 10.1 Å². The number of nitrogens with zero attached hydrogens (tertiary/aromatic N) is 16. The van der Waals surface area contributed by atoms with E-state index in [0.717, 1.165) is 11.1 Å². The second-order valence-electron chi connectivity index (χ2n) is 20.0. The number of H-pyrrole nitrogens is 2. The number of carboxylic acids is 1. The van der Waals surface area contributed by atoms with Crippen molar-refractivity contribution in [2.45, 2.75) is 139 Å². The molecule has 552 valence electrons. The van der Waals surface area contributed by atoms with Gasteiger partial charge in [-0.05, 0) is 190 Å². The lowest BCUT2D eigenvalue weighted by Crippen LogP contribution is -2.26. The van der Waals surface area contributed by atoms with E-state index in [0.29, 0.717) is 144 Å². The van der Waals surface area contributed by atoms with Crippen LogP contribution in [0.3, 0.4) is 0 Å². The number of nitrogens with two attached hydrogens (primary N) is 1. The summed E-state index contributed by atoms with van der Waals surface area (Å²) < 4.78 is 63.4. The summed E-state index contributed by atoms with van der Waals surface area (Å²) in [7, 11) is 0. The van der Waals surface area contributed by atoms with Gasteiger partial charge in [-0.3, -0.25) is 39.0 Å². The Balaban J connectivity index is 0.000000272. The third-order valence-electron chi connectivity index (χ3n) is 12.4. The number of carbonyl (C=O) groups excluding carboxylic acids is 5. The number of hydrogen-bond donors (Lipinski definition) is 5. The SMILES string of the molecule is CCOC(=O)Cc1nc(Br)n[nH]1.CCOC(=O)Cc1nc(Br)nn1CC.CCOC(=O)Cc1nc(N)n[nH]1.CCn1nc(-c2ccc(OC(F)(F)F)cc2)nc1CC(=O)NCc1cc(Cl)cc(Cl)c1.CCn1nc(Br)nc1CC(=O)CCc1cc(Cl)cc(Cl)c1.CCn1nc(Br)nc1CC(=O)O. The molecule has 0 bridgehead atoms. The van der Waals surface area contributed by atoms with Crippen molar-refractivity contribution in [1.29, 1.82) is 0 Å². The van der Waals surface area contributed by atoms with Crippen molar-refractivity contribution in [3.05, 3.63) is 146 Å². The van der Waals surface area contributed by atoms with Gasteiger partial charge >= 0.3 is 30.2 Å². The van der Waals surface area contributed by atoms with Gasteiger partial charge in [-0.1, -0.05) is 46.4 Å². The molecular weight excluding hydrogens is 1700 g/mol. The highest BCUT2D eigenvalue weighted by Crippen LogP contribution is 2.26. The summed E-state index contributed by atoms with van der Waals surface area (Å²) in [6.45, 7) is 16.7. The van der Waals surface area contributed by atoms with Gasteiger partial charge in [0.1, 0.15) is 72.2 Å². The van der Waals surface area contributed by atoms with Crippen LogP contribution in [0.4, 0.5) is 19.1 Å². The van der Waals surface area contributed by atoms with E-state index in [-0.39, 0.29) is 86.4 Å². The lowest BCUT2D eigenvalue weighted by atomic mass is 10.1. The zero-order valence-electron chi connectivity index (χ0n) is 55.5. The molecule has 0 spiro atoms. The topological polar surface area (TPSA) is 404 Å². The van der Waals surface area contributed by atoms with Gasteiger partial charge in [0.15, 0.2) is 5.82 Å². The smallest absolute Gasteiger partial charge is 0.481 e. The Hall–Kier alpha value is -8.01. The Kier molecular flexibility index (Phi) is 37.7. The Morgan fingerprint density at radius 2 is 0.951 bits per heavy atom. The molecule has 3 aromatic carbocycles. The number of aromatic amines is 2. The molecule has 9 aromatic rings. The van der Waals surface area contributed by atoms with Crippen molar-refractivity contribution >= 4 is 152 Å². The fourth-order valence-corrected chi connectivity index (χ4v) is 10.8. The molecule has 0 saturated carbocycles. The number of hydrogen-bond acceptors (Lipinski definition) is 23. The number of benzene rings is 3. The van der Waals surface area contributed by atoms with Crippen molar-refractivity contribution in [3.63, 3.8) is 0 Å². The number of carboxylic acid groups (broad SMARTS) is 1. The summed E-state index contributed by atoms with van der Waals surface area (Å²) >= 11 is 36.3. The van der Waals surface area contributed by atoms with Crippen LogP contribution >= 0.6 is 110 Å². The predicted octanol–water partition coefficient (Wildman–Crippen LogP) is 11.2. The molecule has 9 rings (SSSR count). The summed E-state index contributed by atoms with van der Waals surface area (Å²) in [4.78, 5) is 91.9. The number of ketones is 1. The van der Waals surface area contributed by atoms with Crippen LogP contribution in [0.25, 0.3) is 11.4 Å². The highest BCUT2D eigenvalue weighted by atomic mass is 79.9. The lowest BCUT2D eigenvalue weighted by Gasteiger charge is -2.08. The van der Waals surface area contributed by atoms with Crippen LogP contribution < -0.4 is 15.8 Å². The maximum Gasteiger partial charge on any atom is 0.573 e. The first-order valence-electron chi connectivity index (χ1n) is 30.5. The van der Waals surface area contributed by atoms with Crippen LogP contribution in [0.1, 0.15) is 101 Å². The molecule has 102 heavy (non-hydrogen) atoms. The quantitative estimate of drug-likeness (QED) is 0.0248. The Labute approximate surface area is 635 Å². The maximum absolute atomic E-state index is 12.4. The molecule has 0 atom stereocenters. The van der Waals surface area contributed by atoms with E-state index in [9.17, 15) is 41.9 Å². The van der Waals surface area contributed by atoms with Crippen molar-refractivity contribution in [2.24, 2.45) is 0 Å². The maximum atomic E-state index is 12.4. The van der Waals surface area contributed by atoms with Crippen LogP contribution in [0.15, 0.2) is 79.6 Å². The number of aromatic nitrogens is 18. The second-order valence-corrected chi connectivity index (χ2v) is 24.6. The molecule has 0 radical (unpaired) electrons. The van der Waals surface area contributed by atoms with Crippen LogP contribution in [-0.4, -0.2) is 156 Å². The van der Waals surface area contributed by atoms with Crippen molar-refractivity contribution < 1.29 is 66.0 Å². The van der Waals surface area contributed by atoms with Gasteiger partial charge in [-0.25, -0.2) is 43.6 Å². The number of nitrogen functional groups attached to an aromatic ring is 1. The highest BCUT2D eigenvalue weighted by Gasteiger charge is 2.31. The van der Waals surface area contributed by atoms with E-state index >= 15 is 0 Å². The number of esters is 3. The first-order chi connectivity index (χ1) is 48.3.